The number of hydrogen-bond donors (Lipinski definition) is 0. The third-order valence-electron chi connectivity index (χ3n) is 1.94. The van der Waals surface area contributed by atoms with Crippen molar-refractivity contribution in [3.63, 3.8) is 0 Å². The fourth-order valence-corrected chi connectivity index (χ4v) is 1.25. The summed E-state index contributed by atoms with van der Waals surface area (Å²) in [6.07, 6.45) is 0.576. The van der Waals surface area contributed by atoms with E-state index in [1.54, 1.807) is 0 Å². The zero-order valence-electron chi connectivity index (χ0n) is 8.14. The lowest BCUT2D eigenvalue weighted by molar-refractivity contribution is -0.519. The number of nitro groups is 1. The van der Waals surface area contributed by atoms with Gasteiger partial charge in [0.2, 0.25) is 6.04 Å². The first-order valence-corrected chi connectivity index (χ1v) is 4.99. The topological polar surface area (TPSA) is 52.4 Å². The molecule has 0 radical (unpaired) electrons. The summed E-state index contributed by atoms with van der Waals surface area (Å²) in [7, 11) is 0. The predicted molar refractivity (Wildman–Crippen MR) is 57.7 cm³/mol. The van der Waals surface area contributed by atoms with Crippen LogP contribution in [0.5, 0.6) is 0 Å². The molecule has 1 aromatic rings. The van der Waals surface area contributed by atoms with E-state index >= 15 is 0 Å². The summed E-state index contributed by atoms with van der Waals surface area (Å²) in [5.41, 5.74) is 0. The molecule has 1 saturated heterocycles. The summed E-state index contributed by atoms with van der Waals surface area (Å²) in [6.45, 7) is 0.846. The van der Waals surface area contributed by atoms with E-state index in [1.165, 1.54) is 0 Å². The van der Waals surface area contributed by atoms with E-state index in [4.69, 9.17) is 16.3 Å². The van der Waals surface area contributed by atoms with Gasteiger partial charge in [0.05, 0.1) is 6.61 Å². The summed E-state index contributed by atoms with van der Waals surface area (Å²) in [5.74, 6) is 0. The van der Waals surface area contributed by atoms with Crippen molar-refractivity contribution in [1.29, 1.82) is 0 Å². The second kappa shape index (κ2) is 6.37. The molecule has 15 heavy (non-hydrogen) atoms. The van der Waals surface area contributed by atoms with Gasteiger partial charge in [0.25, 0.3) is 0 Å². The minimum absolute atomic E-state index is 0.285. The minimum atomic E-state index is -0.435. The van der Waals surface area contributed by atoms with Crippen molar-refractivity contribution in [2.45, 2.75) is 12.5 Å². The van der Waals surface area contributed by atoms with Crippen LogP contribution in [-0.2, 0) is 4.74 Å². The summed E-state index contributed by atoms with van der Waals surface area (Å²) in [5, 5.41) is 10.7. The average Bonchev–Trinajstić information content (AvgIpc) is 2.72. The first kappa shape index (κ1) is 11.9. The van der Waals surface area contributed by atoms with Gasteiger partial charge < -0.3 is 4.74 Å². The molecule has 0 N–H and O–H groups in total. The van der Waals surface area contributed by atoms with E-state index in [-0.39, 0.29) is 4.92 Å². The molecular weight excluding hydrogens is 218 g/mol. The number of ether oxygens (including phenoxy) is 1. The van der Waals surface area contributed by atoms with Crippen LogP contribution in [0.15, 0.2) is 30.3 Å². The monoisotopic (exact) mass is 229 g/mol. The Hall–Kier alpha value is -1.13. The predicted octanol–water partition coefficient (Wildman–Crippen LogP) is 2.39. The molecule has 1 atom stereocenters. The maximum Gasteiger partial charge on any atom is 0.238 e. The highest BCUT2D eigenvalue weighted by Gasteiger charge is 2.25. The molecule has 0 spiro atoms. The Morgan fingerprint density at radius 2 is 2.07 bits per heavy atom. The van der Waals surface area contributed by atoms with Crippen molar-refractivity contribution >= 4 is 11.6 Å². The summed E-state index contributed by atoms with van der Waals surface area (Å²) in [6, 6.07) is 9.01. The summed E-state index contributed by atoms with van der Waals surface area (Å²) in [4.78, 5) is 9.64. The third-order valence-corrected chi connectivity index (χ3v) is 2.19. The van der Waals surface area contributed by atoms with Crippen LogP contribution >= 0.6 is 11.6 Å². The van der Waals surface area contributed by atoms with Crippen LogP contribution in [0.2, 0.25) is 5.02 Å². The van der Waals surface area contributed by atoms with Crippen molar-refractivity contribution in [2.75, 3.05) is 13.2 Å². The van der Waals surface area contributed by atoms with Crippen LogP contribution in [0.1, 0.15) is 6.42 Å². The van der Waals surface area contributed by atoms with Crippen molar-refractivity contribution in [3.05, 3.63) is 45.5 Å². The van der Waals surface area contributed by atoms with E-state index in [0.717, 1.165) is 5.02 Å². The van der Waals surface area contributed by atoms with Crippen LogP contribution in [0.4, 0.5) is 0 Å². The Kier molecular flexibility index (Phi) is 5.07. The van der Waals surface area contributed by atoms with Crippen molar-refractivity contribution < 1.29 is 9.66 Å². The average molecular weight is 230 g/mol. The van der Waals surface area contributed by atoms with Gasteiger partial charge in [0.15, 0.2) is 0 Å². The number of halogens is 1. The molecule has 0 amide bonds. The lowest BCUT2D eigenvalue weighted by Gasteiger charge is -1.93. The molecule has 0 bridgehead atoms. The largest absolute Gasteiger partial charge is 0.374 e. The maximum atomic E-state index is 9.93. The zero-order chi connectivity index (χ0) is 11.1. The second-order valence-electron chi connectivity index (χ2n) is 3.10. The Labute approximate surface area is 93.0 Å². The van der Waals surface area contributed by atoms with Crippen LogP contribution in [0, 0.1) is 10.1 Å². The van der Waals surface area contributed by atoms with Gasteiger partial charge in [-0.25, -0.2) is 0 Å². The Balaban J connectivity index is 0.000000151. The van der Waals surface area contributed by atoms with Crippen LogP contribution in [0.3, 0.4) is 0 Å². The first-order valence-electron chi connectivity index (χ1n) is 4.62. The minimum Gasteiger partial charge on any atom is -0.374 e. The lowest BCUT2D eigenvalue weighted by Crippen LogP contribution is -2.18. The number of nitrogens with zero attached hydrogens (tertiary/aromatic N) is 1. The van der Waals surface area contributed by atoms with Crippen LogP contribution in [-0.4, -0.2) is 24.2 Å². The lowest BCUT2D eigenvalue weighted by atomic mass is 10.3. The van der Waals surface area contributed by atoms with E-state index < -0.39 is 6.04 Å². The van der Waals surface area contributed by atoms with Crippen LogP contribution in [0.25, 0.3) is 0 Å². The van der Waals surface area contributed by atoms with Crippen molar-refractivity contribution in [1.82, 2.24) is 0 Å². The van der Waals surface area contributed by atoms with Gasteiger partial charge in [-0.3, -0.25) is 10.1 Å². The molecule has 1 aliphatic heterocycles. The molecule has 1 aliphatic rings. The third kappa shape index (κ3) is 4.76. The molecule has 5 heteroatoms. The van der Waals surface area contributed by atoms with Gasteiger partial charge in [-0.15, -0.1) is 0 Å². The fraction of sp³-hybridized carbons (Fsp3) is 0.400. The highest BCUT2D eigenvalue weighted by atomic mass is 35.5. The standard InChI is InChI=1S/C6H5Cl.C4H7NO3/c7-6-4-2-1-3-5-6;6-5(7)4-1-2-8-3-4/h1-5H;4H,1-3H2. The molecule has 1 heterocycles. The van der Waals surface area contributed by atoms with E-state index in [9.17, 15) is 10.1 Å². The van der Waals surface area contributed by atoms with Gasteiger partial charge >= 0.3 is 0 Å². The van der Waals surface area contributed by atoms with E-state index in [0.29, 0.717) is 19.6 Å². The quantitative estimate of drug-likeness (QED) is 0.549. The molecule has 1 aromatic carbocycles. The highest BCUT2D eigenvalue weighted by Crippen LogP contribution is 2.05. The molecular formula is C10H12ClNO3. The Morgan fingerprint density at radius 1 is 1.40 bits per heavy atom. The maximum absolute atomic E-state index is 9.93. The van der Waals surface area contributed by atoms with Gasteiger partial charge in [-0.05, 0) is 12.1 Å². The number of hydrogen-bond acceptors (Lipinski definition) is 3. The molecule has 1 unspecified atom stereocenters. The second-order valence-corrected chi connectivity index (χ2v) is 3.53. The molecule has 0 saturated carbocycles. The Morgan fingerprint density at radius 3 is 2.33 bits per heavy atom. The molecule has 0 aliphatic carbocycles. The molecule has 0 aromatic heterocycles. The van der Waals surface area contributed by atoms with Crippen LogP contribution < -0.4 is 0 Å². The van der Waals surface area contributed by atoms with Gasteiger partial charge in [-0.1, -0.05) is 29.8 Å². The smallest absolute Gasteiger partial charge is 0.238 e. The fourth-order valence-electron chi connectivity index (χ4n) is 1.10. The van der Waals surface area contributed by atoms with Gasteiger partial charge in [-0.2, -0.15) is 0 Å². The molecule has 82 valence electrons. The summed E-state index contributed by atoms with van der Waals surface area (Å²) >= 11 is 5.54. The van der Waals surface area contributed by atoms with E-state index in [2.05, 4.69) is 0 Å². The molecule has 2 rings (SSSR count). The number of benzene rings is 1. The molecule has 4 nitrogen and oxygen atoms in total. The molecule has 1 fully saturated rings. The SMILES string of the molecule is Clc1ccccc1.O=[N+]([O-])C1CCOC1. The normalized spacial score (nSPS) is 19.1. The summed E-state index contributed by atoms with van der Waals surface area (Å²) < 4.78 is 4.78. The number of rotatable bonds is 1. The zero-order valence-corrected chi connectivity index (χ0v) is 8.89. The van der Waals surface area contributed by atoms with Gasteiger partial charge in [0.1, 0.15) is 6.61 Å². The van der Waals surface area contributed by atoms with Gasteiger partial charge in [0, 0.05) is 16.4 Å². The first-order chi connectivity index (χ1) is 7.20. The Bertz CT molecular complexity index is 299. The van der Waals surface area contributed by atoms with E-state index in [1.807, 2.05) is 30.3 Å². The van der Waals surface area contributed by atoms with Crippen molar-refractivity contribution in [3.8, 4) is 0 Å². The highest BCUT2D eigenvalue weighted by molar-refractivity contribution is 6.30. The van der Waals surface area contributed by atoms with Crippen molar-refractivity contribution in [2.24, 2.45) is 0 Å².